The van der Waals surface area contributed by atoms with Gasteiger partial charge in [0.15, 0.2) is 6.61 Å². The highest BCUT2D eigenvalue weighted by atomic mass is 16.5. The molecule has 0 aromatic heterocycles. The molecule has 0 spiro atoms. The fourth-order valence-corrected chi connectivity index (χ4v) is 4.25. The number of nitrogens with zero attached hydrogens (tertiary/aromatic N) is 3. The number of ether oxygens (including phenoxy) is 1. The van der Waals surface area contributed by atoms with E-state index in [9.17, 15) is 19.2 Å². The minimum Gasteiger partial charge on any atom is -0.454 e. The molecule has 152 valence electrons. The number of hydrogen-bond donors (Lipinski definition) is 0. The fourth-order valence-electron chi connectivity index (χ4n) is 4.25. The van der Waals surface area contributed by atoms with E-state index < -0.39 is 25.0 Å². The van der Waals surface area contributed by atoms with Crippen LogP contribution in [-0.2, 0) is 23.9 Å². The molecule has 1 saturated heterocycles. The van der Waals surface area contributed by atoms with Gasteiger partial charge < -0.3 is 4.74 Å². The van der Waals surface area contributed by atoms with Crippen LogP contribution in [0.3, 0.4) is 0 Å². The van der Waals surface area contributed by atoms with Crippen LogP contribution < -0.4 is 0 Å². The van der Waals surface area contributed by atoms with Crippen molar-refractivity contribution in [1.82, 2.24) is 9.91 Å². The lowest BCUT2D eigenvalue weighted by atomic mass is 9.81. The molecular formula is C21H23N3O5. The van der Waals surface area contributed by atoms with Crippen LogP contribution in [0.5, 0.6) is 0 Å². The average molecular weight is 397 g/mol. The summed E-state index contributed by atoms with van der Waals surface area (Å²) in [6, 6.07) is 9.57. The molecule has 3 amide bonds. The maximum absolute atomic E-state index is 12.4. The number of rotatable bonds is 5. The van der Waals surface area contributed by atoms with E-state index in [2.05, 4.69) is 5.10 Å². The molecule has 3 aliphatic rings. The summed E-state index contributed by atoms with van der Waals surface area (Å²) in [5.41, 5.74) is 1.76. The maximum Gasteiger partial charge on any atom is 0.326 e. The number of fused-ring (bicyclic) bond motifs is 1. The third-order valence-electron chi connectivity index (χ3n) is 5.77. The van der Waals surface area contributed by atoms with Crippen molar-refractivity contribution in [1.29, 1.82) is 0 Å². The zero-order chi connectivity index (χ0) is 20.4. The van der Waals surface area contributed by atoms with Gasteiger partial charge >= 0.3 is 5.97 Å². The van der Waals surface area contributed by atoms with Crippen LogP contribution in [0.25, 0.3) is 0 Å². The average Bonchev–Trinajstić information content (AvgIpc) is 3.33. The van der Waals surface area contributed by atoms with Crippen molar-refractivity contribution in [2.75, 3.05) is 19.7 Å². The quantitative estimate of drug-likeness (QED) is 0.552. The first-order valence-corrected chi connectivity index (χ1v) is 9.98. The van der Waals surface area contributed by atoms with Gasteiger partial charge in [0.25, 0.3) is 5.91 Å². The molecule has 2 unspecified atom stereocenters. The first kappa shape index (κ1) is 19.3. The number of hydrogen-bond acceptors (Lipinski definition) is 6. The molecule has 1 saturated carbocycles. The number of carbonyl (C=O) groups is 4. The van der Waals surface area contributed by atoms with Crippen LogP contribution in [0.1, 0.15) is 37.7 Å². The molecule has 0 N–H and O–H groups in total. The van der Waals surface area contributed by atoms with Gasteiger partial charge in [-0.25, -0.2) is 5.01 Å². The van der Waals surface area contributed by atoms with Gasteiger partial charge in [-0.05, 0) is 18.4 Å². The Kier molecular flexibility index (Phi) is 5.42. The molecule has 0 bridgehead atoms. The van der Waals surface area contributed by atoms with Crippen LogP contribution in [0, 0.1) is 11.8 Å². The summed E-state index contributed by atoms with van der Waals surface area (Å²) in [5.74, 6) is -2.39. The van der Waals surface area contributed by atoms with E-state index in [0.29, 0.717) is 25.8 Å². The van der Waals surface area contributed by atoms with Gasteiger partial charge in [0, 0.05) is 6.42 Å². The van der Waals surface area contributed by atoms with Crippen molar-refractivity contribution in [3.63, 3.8) is 0 Å². The van der Waals surface area contributed by atoms with Crippen LogP contribution in [0.4, 0.5) is 0 Å². The molecule has 0 radical (unpaired) electrons. The van der Waals surface area contributed by atoms with E-state index in [0.717, 1.165) is 29.0 Å². The summed E-state index contributed by atoms with van der Waals surface area (Å²) < 4.78 is 5.02. The molecule has 1 aliphatic carbocycles. The monoisotopic (exact) mass is 397 g/mol. The Morgan fingerprint density at radius 3 is 2.34 bits per heavy atom. The number of esters is 1. The number of amides is 3. The third kappa shape index (κ3) is 3.92. The molecule has 1 aromatic carbocycles. The van der Waals surface area contributed by atoms with Crippen LogP contribution in [0.15, 0.2) is 35.4 Å². The van der Waals surface area contributed by atoms with Crippen molar-refractivity contribution in [2.45, 2.75) is 32.1 Å². The van der Waals surface area contributed by atoms with E-state index in [1.807, 2.05) is 30.3 Å². The third-order valence-corrected chi connectivity index (χ3v) is 5.77. The molecule has 2 heterocycles. The van der Waals surface area contributed by atoms with Crippen molar-refractivity contribution in [2.24, 2.45) is 16.9 Å². The van der Waals surface area contributed by atoms with E-state index in [1.54, 1.807) is 0 Å². The topological polar surface area (TPSA) is 96.3 Å². The van der Waals surface area contributed by atoms with E-state index in [4.69, 9.17) is 4.74 Å². The standard InChI is InChI=1S/C21H23N3O5/c25-18(24-11-10-17(22-24)14-6-2-1-3-7-14)13-29-19(26)12-23-20(27)15-8-4-5-9-16(15)21(23)28/h1-3,6-7,15-16H,4-5,8-13H2. The largest absolute Gasteiger partial charge is 0.454 e. The van der Waals surface area contributed by atoms with Gasteiger partial charge in [0.1, 0.15) is 6.54 Å². The normalized spacial score (nSPS) is 23.8. The first-order chi connectivity index (χ1) is 14.0. The highest BCUT2D eigenvalue weighted by Gasteiger charge is 2.48. The Morgan fingerprint density at radius 2 is 1.69 bits per heavy atom. The number of benzene rings is 1. The summed E-state index contributed by atoms with van der Waals surface area (Å²) in [7, 11) is 0. The lowest BCUT2D eigenvalue weighted by molar-refractivity contribution is -0.156. The molecular weight excluding hydrogens is 374 g/mol. The molecule has 2 aliphatic heterocycles. The summed E-state index contributed by atoms with van der Waals surface area (Å²) in [6.45, 7) is -0.475. The Balaban J connectivity index is 1.29. The second kappa shape index (κ2) is 8.14. The van der Waals surface area contributed by atoms with Crippen molar-refractivity contribution in [3.8, 4) is 0 Å². The summed E-state index contributed by atoms with van der Waals surface area (Å²) in [4.78, 5) is 50.2. The van der Waals surface area contributed by atoms with E-state index >= 15 is 0 Å². The zero-order valence-corrected chi connectivity index (χ0v) is 16.1. The predicted molar refractivity (Wildman–Crippen MR) is 102 cm³/mol. The molecule has 8 nitrogen and oxygen atoms in total. The Bertz CT molecular complexity index is 842. The van der Waals surface area contributed by atoms with Gasteiger partial charge in [0.05, 0.1) is 24.1 Å². The number of hydrazone groups is 1. The molecule has 8 heteroatoms. The Morgan fingerprint density at radius 1 is 1.03 bits per heavy atom. The minimum atomic E-state index is -0.759. The summed E-state index contributed by atoms with van der Waals surface area (Å²) >= 11 is 0. The summed E-state index contributed by atoms with van der Waals surface area (Å²) in [5, 5.41) is 5.59. The van der Waals surface area contributed by atoms with Crippen molar-refractivity contribution < 1.29 is 23.9 Å². The van der Waals surface area contributed by atoms with E-state index in [-0.39, 0.29) is 23.7 Å². The molecule has 29 heavy (non-hydrogen) atoms. The minimum absolute atomic E-state index is 0.292. The number of likely N-dealkylation sites (tertiary alicyclic amines) is 1. The first-order valence-electron chi connectivity index (χ1n) is 9.98. The molecule has 4 rings (SSSR count). The molecule has 1 aromatic rings. The zero-order valence-electron chi connectivity index (χ0n) is 16.1. The van der Waals surface area contributed by atoms with Gasteiger partial charge in [-0.1, -0.05) is 43.2 Å². The van der Waals surface area contributed by atoms with Gasteiger partial charge in [0.2, 0.25) is 11.8 Å². The number of imide groups is 1. The van der Waals surface area contributed by atoms with Crippen molar-refractivity contribution >= 4 is 29.4 Å². The van der Waals surface area contributed by atoms with E-state index in [1.165, 1.54) is 5.01 Å². The predicted octanol–water partition coefficient (Wildman–Crippen LogP) is 1.34. The lowest BCUT2D eigenvalue weighted by Gasteiger charge is -2.19. The summed E-state index contributed by atoms with van der Waals surface area (Å²) in [6.07, 6.45) is 3.86. The van der Waals surface area contributed by atoms with Crippen LogP contribution >= 0.6 is 0 Å². The second-order valence-corrected chi connectivity index (χ2v) is 7.60. The SMILES string of the molecule is O=C(CN1C(=O)C2CCCCC2C1=O)OCC(=O)N1CCC(c2ccccc2)=N1. The van der Waals surface area contributed by atoms with Gasteiger partial charge in [-0.15, -0.1) is 0 Å². The van der Waals surface area contributed by atoms with Crippen LogP contribution in [0.2, 0.25) is 0 Å². The molecule has 2 fully saturated rings. The highest BCUT2D eigenvalue weighted by Crippen LogP contribution is 2.37. The van der Waals surface area contributed by atoms with Crippen LogP contribution in [-0.4, -0.2) is 59.0 Å². The van der Waals surface area contributed by atoms with Gasteiger partial charge in [-0.2, -0.15) is 5.10 Å². The lowest BCUT2D eigenvalue weighted by Crippen LogP contribution is -2.38. The maximum atomic E-state index is 12.4. The van der Waals surface area contributed by atoms with Crippen molar-refractivity contribution in [3.05, 3.63) is 35.9 Å². The molecule has 2 atom stereocenters. The van der Waals surface area contributed by atoms with Gasteiger partial charge in [-0.3, -0.25) is 24.1 Å². The second-order valence-electron chi connectivity index (χ2n) is 7.60. The number of carbonyl (C=O) groups excluding carboxylic acids is 4. The fraction of sp³-hybridized carbons (Fsp3) is 0.476. The Hall–Kier alpha value is -3.03. The Labute approximate surface area is 168 Å². The highest BCUT2D eigenvalue weighted by molar-refractivity contribution is 6.07. The smallest absolute Gasteiger partial charge is 0.326 e.